The number of ether oxygens (including phenoxy) is 1. The van der Waals surface area contributed by atoms with Crippen LogP contribution in [0.25, 0.3) is 0 Å². The molecule has 0 bridgehead atoms. The number of benzene rings is 1. The third-order valence-electron chi connectivity index (χ3n) is 4.12. The Morgan fingerprint density at radius 1 is 1.29 bits per heavy atom. The first-order chi connectivity index (χ1) is 14.4. The van der Waals surface area contributed by atoms with E-state index < -0.39 is 30.3 Å². The lowest BCUT2D eigenvalue weighted by Gasteiger charge is -2.24. The summed E-state index contributed by atoms with van der Waals surface area (Å²) in [6.07, 6.45) is -3.91. The van der Waals surface area contributed by atoms with E-state index >= 15 is 0 Å². The number of rotatable bonds is 7. The highest BCUT2D eigenvalue weighted by molar-refractivity contribution is 7.15. The molecule has 2 aromatic rings. The van der Waals surface area contributed by atoms with Crippen molar-refractivity contribution in [3.05, 3.63) is 75.8 Å². The molecule has 1 heterocycles. The van der Waals surface area contributed by atoms with E-state index in [0.29, 0.717) is 10.6 Å². The van der Waals surface area contributed by atoms with Gasteiger partial charge < -0.3 is 15.1 Å². The summed E-state index contributed by atoms with van der Waals surface area (Å²) in [6.45, 7) is 6.28. The minimum absolute atomic E-state index is 0.0553. The number of hydrogen-bond donors (Lipinski definition) is 2. The van der Waals surface area contributed by atoms with Crippen molar-refractivity contribution in [2.75, 3.05) is 12.4 Å². The number of nitrogens with two attached hydrogens (primary N) is 1. The number of nitrogens with zero attached hydrogens (tertiary/aromatic N) is 1. The number of carbonyl (C=O) groups is 2. The van der Waals surface area contributed by atoms with Crippen LogP contribution in [-0.4, -0.2) is 30.2 Å². The fraction of sp³-hybridized carbons (Fsp3) is 0.238. The van der Waals surface area contributed by atoms with Gasteiger partial charge in [0.15, 0.2) is 0 Å². The number of methoxy groups -OCH3 is 1. The molecular formula is C21H22F3N3O3S. The summed E-state index contributed by atoms with van der Waals surface area (Å²) in [7, 11) is 1.14. The largest absolute Gasteiger partial charge is 0.465 e. The second kappa shape index (κ2) is 9.80. The predicted molar refractivity (Wildman–Crippen MR) is 113 cm³/mol. The van der Waals surface area contributed by atoms with E-state index in [1.165, 1.54) is 12.3 Å². The van der Waals surface area contributed by atoms with Crippen LogP contribution in [0, 0.1) is 6.92 Å². The van der Waals surface area contributed by atoms with Gasteiger partial charge in [-0.3, -0.25) is 4.79 Å². The number of nitrogens with one attached hydrogen (secondary N) is 1. The van der Waals surface area contributed by atoms with Crippen molar-refractivity contribution in [3.8, 4) is 0 Å². The van der Waals surface area contributed by atoms with Gasteiger partial charge in [-0.25, -0.2) is 10.6 Å². The van der Waals surface area contributed by atoms with Gasteiger partial charge in [0.25, 0.3) is 5.91 Å². The Bertz CT molecular complexity index is 1010. The van der Waals surface area contributed by atoms with E-state index in [1.54, 1.807) is 24.3 Å². The molecule has 3 N–H and O–H groups in total. The third-order valence-corrected chi connectivity index (χ3v) is 5.07. The fourth-order valence-electron chi connectivity index (χ4n) is 2.64. The Morgan fingerprint density at radius 3 is 2.42 bits per heavy atom. The molecule has 0 atom stereocenters. The lowest BCUT2D eigenvalue weighted by atomic mass is 10.1. The number of halogens is 3. The maximum absolute atomic E-state index is 13.4. The monoisotopic (exact) mass is 453 g/mol. The Balaban J connectivity index is 2.36. The summed E-state index contributed by atoms with van der Waals surface area (Å²) in [5.74, 6) is 4.40. The molecule has 1 aromatic carbocycles. The van der Waals surface area contributed by atoms with Crippen LogP contribution in [-0.2, 0) is 11.3 Å². The second-order valence-electron chi connectivity index (χ2n) is 6.78. The molecule has 2 rings (SSSR count). The number of alkyl halides is 3. The van der Waals surface area contributed by atoms with Crippen molar-refractivity contribution < 1.29 is 27.5 Å². The minimum Gasteiger partial charge on any atom is -0.465 e. The van der Waals surface area contributed by atoms with E-state index in [2.05, 4.69) is 11.9 Å². The van der Waals surface area contributed by atoms with Crippen LogP contribution < -0.4 is 11.2 Å². The Labute approximate surface area is 181 Å². The van der Waals surface area contributed by atoms with Gasteiger partial charge in [0.05, 0.1) is 19.2 Å². The molecule has 1 aromatic heterocycles. The van der Waals surface area contributed by atoms with E-state index in [-0.39, 0.29) is 21.7 Å². The molecular weight excluding hydrogens is 431 g/mol. The summed E-state index contributed by atoms with van der Waals surface area (Å²) < 4.78 is 44.9. The number of aryl methyl sites for hydroxylation is 1. The van der Waals surface area contributed by atoms with Crippen LogP contribution in [0.3, 0.4) is 0 Å². The van der Waals surface area contributed by atoms with Gasteiger partial charge >= 0.3 is 12.1 Å². The topological polar surface area (TPSA) is 84.7 Å². The quantitative estimate of drug-likeness (QED) is 0.272. The first-order valence-corrected chi connectivity index (χ1v) is 9.85. The third kappa shape index (κ3) is 6.19. The molecule has 0 aliphatic rings. The van der Waals surface area contributed by atoms with Gasteiger partial charge in [0.1, 0.15) is 10.7 Å². The molecule has 6 nitrogen and oxygen atoms in total. The molecule has 10 heteroatoms. The summed E-state index contributed by atoms with van der Waals surface area (Å²) in [4.78, 5) is 24.8. The molecule has 166 valence electrons. The lowest BCUT2D eigenvalue weighted by Crippen LogP contribution is -2.37. The summed E-state index contributed by atoms with van der Waals surface area (Å²) in [5, 5.41) is 4.70. The number of thiophene rings is 1. The zero-order valence-corrected chi connectivity index (χ0v) is 18.0. The first kappa shape index (κ1) is 24.2. The number of esters is 1. The first-order valence-electron chi connectivity index (χ1n) is 8.97. The fourth-order valence-corrected chi connectivity index (χ4v) is 3.57. The number of allylic oxidation sites excluding steroid dienone is 3. The van der Waals surface area contributed by atoms with Crippen molar-refractivity contribution in [2.24, 2.45) is 5.84 Å². The molecule has 31 heavy (non-hydrogen) atoms. The molecule has 0 fully saturated rings. The average molecular weight is 453 g/mol. The van der Waals surface area contributed by atoms with Crippen molar-refractivity contribution in [2.45, 2.75) is 26.6 Å². The highest BCUT2D eigenvalue weighted by Gasteiger charge is 2.37. The molecule has 0 spiro atoms. The number of hydrazine groups is 1. The van der Waals surface area contributed by atoms with E-state index in [1.807, 2.05) is 6.92 Å². The molecule has 0 radical (unpaired) electrons. The molecule has 0 unspecified atom stereocenters. The van der Waals surface area contributed by atoms with Gasteiger partial charge in [-0.15, -0.1) is 11.3 Å². The molecule has 0 aliphatic heterocycles. The number of hydrogen-bond acceptors (Lipinski definition) is 6. The van der Waals surface area contributed by atoms with Crippen LogP contribution >= 0.6 is 11.3 Å². The van der Waals surface area contributed by atoms with E-state index in [9.17, 15) is 22.8 Å². The van der Waals surface area contributed by atoms with E-state index in [4.69, 9.17) is 10.6 Å². The molecule has 0 saturated carbocycles. The Morgan fingerprint density at radius 2 is 1.90 bits per heavy atom. The van der Waals surface area contributed by atoms with Gasteiger partial charge in [0, 0.05) is 11.1 Å². The maximum atomic E-state index is 13.4. The van der Waals surface area contributed by atoms with Crippen LogP contribution in [0.5, 0.6) is 0 Å². The van der Waals surface area contributed by atoms with Crippen LogP contribution in [0.2, 0.25) is 0 Å². The van der Waals surface area contributed by atoms with Crippen LogP contribution in [0.15, 0.2) is 53.6 Å². The van der Waals surface area contributed by atoms with Crippen LogP contribution in [0.4, 0.5) is 18.2 Å². The van der Waals surface area contributed by atoms with Gasteiger partial charge in [-0.2, -0.15) is 13.2 Å². The Kier molecular flexibility index (Phi) is 7.64. The average Bonchev–Trinajstić information content (AvgIpc) is 3.06. The summed E-state index contributed by atoms with van der Waals surface area (Å²) in [6, 6.07) is 6.76. The van der Waals surface area contributed by atoms with Gasteiger partial charge in [-0.1, -0.05) is 29.8 Å². The molecule has 0 aliphatic carbocycles. The Hall–Kier alpha value is -3.11. The van der Waals surface area contributed by atoms with Crippen molar-refractivity contribution >= 4 is 28.2 Å². The SMILES string of the molecule is C=C(C)/C=C(\N(N)Cc1csc(NC(=O)c2ccc(C)cc2)c1C(=O)OC)C(F)(F)F. The zero-order chi connectivity index (χ0) is 23.3. The van der Waals surface area contributed by atoms with Crippen LogP contribution in [0.1, 0.15) is 38.8 Å². The minimum atomic E-state index is -4.72. The predicted octanol–water partition coefficient (Wildman–Crippen LogP) is 4.79. The normalized spacial score (nSPS) is 11.8. The number of amides is 1. The van der Waals surface area contributed by atoms with E-state index in [0.717, 1.165) is 30.1 Å². The second-order valence-corrected chi connectivity index (χ2v) is 7.66. The van der Waals surface area contributed by atoms with Gasteiger partial charge in [0.2, 0.25) is 0 Å². The van der Waals surface area contributed by atoms with Crippen molar-refractivity contribution in [1.29, 1.82) is 0 Å². The lowest BCUT2D eigenvalue weighted by molar-refractivity contribution is -0.112. The maximum Gasteiger partial charge on any atom is 0.432 e. The highest BCUT2D eigenvalue weighted by atomic mass is 32.1. The number of carbonyl (C=O) groups excluding carboxylic acids is 2. The van der Waals surface area contributed by atoms with Crippen molar-refractivity contribution in [3.63, 3.8) is 0 Å². The smallest absolute Gasteiger partial charge is 0.432 e. The summed E-state index contributed by atoms with van der Waals surface area (Å²) in [5.41, 5.74) is 0.493. The van der Waals surface area contributed by atoms with Gasteiger partial charge in [-0.05, 0) is 37.4 Å². The van der Waals surface area contributed by atoms with Crippen molar-refractivity contribution in [1.82, 2.24) is 5.01 Å². The number of anilines is 1. The summed E-state index contributed by atoms with van der Waals surface area (Å²) >= 11 is 0.988. The zero-order valence-electron chi connectivity index (χ0n) is 17.2. The molecule has 0 saturated heterocycles. The molecule has 1 amide bonds. The highest BCUT2D eigenvalue weighted by Crippen LogP contribution is 2.33. The standard InChI is InChI=1S/C21H22F3N3O3S/c1-12(2)9-16(21(22,23)24)27(25)10-15-11-31-19(17(15)20(29)30-4)26-18(28)14-7-5-13(3)6-8-14/h5-9,11H,1,10,25H2,2-4H3,(H,26,28)/b16-9-.